The third kappa shape index (κ3) is 5.87. The summed E-state index contributed by atoms with van der Waals surface area (Å²) in [5.74, 6) is -3.26. The number of carboxylic acids is 1. The van der Waals surface area contributed by atoms with Crippen LogP contribution in [0.15, 0.2) is 60.7 Å². The molecule has 1 saturated heterocycles. The molecule has 1 atom stereocenters. The normalized spacial score (nSPS) is 15.9. The number of hydrogen-bond acceptors (Lipinski definition) is 5. The molecule has 45 heavy (non-hydrogen) atoms. The fourth-order valence-electron chi connectivity index (χ4n) is 5.61. The Morgan fingerprint density at radius 2 is 1.73 bits per heavy atom. The van der Waals surface area contributed by atoms with Gasteiger partial charge in [0.05, 0.1) is 41.5 Å². The Hall–Kier alpha value is -4.77. The van der Waals surface area contributed by atoms with E-state index in [9.17, 15) is 18.7 Å². The summed E-state index contributed by atoms with van der Waals surface area (Å²) in [5, 5.41) is 9.57. The van der Waals surface area contributed by atoms with E-state index in [0.717, 1.165) is 24.3 Å². The van der Waals surface area contributed by atoms with Crippen molar-refractivity contribution in [3.63, 3.8) is 0 Å². The minimum atomic E-state index is -1.09. The molecule has 2 aromatic heterocycles. The first-order valence-corrected chi connectivity index (χ1v) is 14.3. The van der Waals surface area contributed by atoms with Crippen molar-refractivity contribution in [1.29, 1.82) is 0 Å². The van der Waals surface area contributed by atoms with Crippen LogP contribution in [0.5, 0.6) is 5.88 Å². The topological polar surface area (TPSA) is 86.5 Å². The maximum atomic E-state index is 15.6. The number of fused-ring (bicyclic) bond motifs is 1. The number of nitrogens with zero attached hydrogens (tertiary/aromatic N) is 3. The summed E-state index contributed by atoms with van der Waals surface area (Å²) in [6, 6.07) is 13.1. The molecule has 0 saturated carbocycles. The molecule has 0 bridgehead atoms. The molecule has 3 heterocycles. The number of aryl methyl sites for hydroxylation is 1. The van der Waals surface area contributed by atoms with Crippen LogP contribution in [-0.2, 0) is 17.8 Å². The second-order valence-corrected chi connectivity index (χ2v) is 11.9. The number of ether oxygens (including phenoxy) is 2. The quantitative estimate of drug-likeness (QED) is 0.182. The van der Waals surface area contributed by atoms with Crippen LogP contribution < -0.4 is 4.74 Å². The lowest BCUT2D eigenvalue weighted by molar-refractivity contribution is 0.0697. The molecular formula is C34H29F4N3O4. The van der Waals surface area contributed by atoms with E-state index in [1.54, 1.807) is 6.07 Å². The number of imidazole rings is 1. The standard InChI is InChI=1S/C34H29F4N3O4/c1-18-9-24(36)21(11-23(18)35)15-45-32-6-4-5-27(40-32)22-14-25(37)20(10-26(22)38)13-31-39-28-8-7-19(33(42)43)12-29(28)41(31)30-16-44-17-34(30,2)3/h4-12,14,30H,13,15-17H2,1-3H3,(H,42,43)/t30-/m1/s1. The van der Waals surface area contributed by atoms with Gasteiger partial charge in [0, 0.05) is 29.0 Å². The highest BCUT2D eigenvalue weighted by Crippen LogP contribution is 2.40. The molecule has 1 N–H and O–H groups in total. The summed E-state index contributed by atoms with van der Waals surface area (Å²) < 4.78 is 72.5. The number of aromatic nitrogens is 3. The predicted molar refractivity (Wildman–Crippen MR) is 158 cm³/mol. The van der Waals surface area contributed by atoms with Crippen molar-refractivity contribution in [2.75, 3.05) is 13.2 Å². The third-order valence-electron chi connectivity index (χ3n) is 8.16. The van der Waals surface area contributed by atoms with E-state index < -0.39 is 29.2 Å². The van der Waals surface area contributed by atoms with Gasteiger partial charge >= 0.3 is 5.97 Å². The van der Waals surface area contributed by atoms with Gasteiger partial charge in [-0.1, -0.05) is 19.9 Å². The highest BCUT2D eigenvalue weighted by Gasteiger charge is 2.39. The van der Waals surface area contributed by atoms with E-state index in [1.807, 2.05) is 18.4 Å². The Morgan fingerprint density at radius 1 is 0.978 bits per heavy atom. The summed E-state index contributed by atoms with van der Waals surface area (Å²) in [5.41, 5.74) is 1.04. The second kappa shape index (κ2) is 11.6. The van der Waals surface area contributed by atoms with E-state index in [1.165, 1.54) is 37.3 Å². The Morgan fingerprint density at radius 3 is 2.47 bits per heavy atom. The van der Waals surface area contributed by atoms with E-state index >= 15 is 8.78 Å². The number of benzene rings is 3. The lowest BCUT2D eigenvalue weighted by Gasteiger charge is -2.28. The average molecular weight is 620 g/mol. The number of pyridine rings is 1. The molecule has 7 nitrogen and oxygen atoms in total. The van der Waals surface area contributed by atoms with E-state index in [-0.39, 0.29) is 63.9 Å². The monoisotopic (exact) mass is 619 g/mol. The molecule has 3 aromatic carbocycles. The molecule has 1 fully saturated rings. The van der Waals surface area contributed by atoms with Crippen molar-refractivity contribution in [3.05, 3.63) is 112 Å². The van der Waals surface area contributed by atoms with Crippen molar-refractivity contribution in [2.45, 2.75) is 39.8 Å². The van der Waals surface area contributed by atoms with Gasteiger partial charge in [0.1, 0.15) is 35.7 Å². The lowest BCUT2D eigenvalue weighted by Crippen LogP contribution is -2.27. The summed E-state index contributed by atoms with van der Waals surface area (Å²) >= 11 is 0. The molecule has 11 heteroatoms. The average Bonchev–Trinajstić information content (AvgIpc) is 3.53. The zero-order valence-electron chi connectivity index (χ0n) is 24.7. The fraction of sp³-hybridized carbons (Fsp3) is 0.265. The van der Waals surface area contributed by atoms with Crippen LogP contribution in [0, 0.1) is 35.6 Å². The largest absolute Gasteiger partial charge is 0.478 e. The summed E-state index contributed by atoms with van der Waals surface area (Å²) in [7, 11) is 0. The molecule has 0 spiro atoms. The first kappa shape index (κ1) is 30.3. The van der Waals surface area contributed by atoms with E-state index in [0.29, 0.717) is 30.1 Å². The SMILES string of the molecule is Cc1cc(F)c(COc2cccc(-c3cc(F)c(Cc4nc5ccc(C(=O)O)cc5n4[C@@H]4COCC4(C)C)cc3F)n2)cc1F. The Labute approximate surface area is 256 Å². The van der Waals surface area contributed by atoms with Crippen LogP contribution in [0.25, 0.3) is 22.3 Å². The maximum absolute atomic E-state index is 15.6. The second-order valence-electron chi connectivity index (χ2n) is 11.9. The van der Waals surface area contributed by atoms with E-state index in [4.69, 9.17) is 9.47 Å². The van der Waals surface area contributed by atoms with Crippen LogP contribution >= 0.6 is 0 Å². The van der Waals surface area contributed by atoms with Gasteiger partial charge in [0.2, 0.25) is 5.88 Å². The maximum Gasteiger partial charge on any atom is 0.335 e. The number of halogens is 4. The Kier molecular flexibility index (Phi) is 7.82. The van der Waals surface area contributed by atoms with Gasteiger partial charge in [0.25, 0.3) is 0 Å². The van der Waals surface area contributed by atoms with Crippen LogP contribution in [0.1, 0.15) is 52.8 Å². The predicted octanol–water partition coefficient (Wildman–Crippen LogP) is 7.43. The highest BCUT2D eigenvalue weighted by molar-refractivity contribution is 5.92. The van der Waals surface area contributed by atoms with Gasteiger partial charge < -0.3 is 19.1 Å². The zero-order valence-corrected chi connectivity index (χ0v) is 24.7. The summed E-state index contributed by atoms with van der Waals surface area (Å²) in [6.45, 7) is 6.01. The van der Waals surface area contributed by atoms with Crippen molar-refractivity contribution in [2.24, 2.45) is 5.41 Å². The van der Waals surface area contributed by atoms with Crippen molar-refractivity contribution in [1.82, 2.24) is 14.5 Å². The molecule has 0 unspecified atom stereocenters. The molecule has 0 amide bonds. The van der Waals surface area contributed by atoms with Gasteiger partial charge in [-0.3, -0.25) is 0 Å². The minimum absolute atomic E-state index is 0.00959. The number of carbonyl (C=O) groups is 1. The van der Waals surface area contributed by atoms with Crippen LogP contribution in [0.3, 0.4) is 0 Å². The van der Waals surface area contributed by atoms with Crippen LogP contribution in [0.4, 0.5) is 17.6 Å². The van der Waals surface area contributed by atoms with Gasteiger partial charge in [-0.2, -0.15) is 0 Å². The smallest absolute Gasteiger partial charge is 0.335 e. The van der Waals surface area contributed by atoms with Gasteiger partial charge in [-0.15, -0.1) is 0 Å². The van der Waals surface area contributed by atoms with E-state index in [2.05, 4.69) is 9.97 Å². The highest BCUT2D eigenvalue weighted by atomic mass is 19.1. The lowest BCUT2D eigenvalue weighted by atomic mass is 9.87. The molecule has 1 aliphatic heterocycles. The Balaban J connectivity index is 1.31. The summed E-state index contributed by atoms with van der Waals surface area (Å²) in [6.07, 6.45) is -0.0675. The van der Waals surface area contributed by atoms with Gasteiger partial charge in [-0.05, 0) is 66.6 Å². The molecule has 6 rings (SSSR count). The fourth-order valence-corrected chi connectivity index (χ4v) is 5.61. The van der Waals surface area contributed by atoms with Crippen molar-refractivity contribution < 1.29 is 36.9 Å². The third-order valence-corrected chi connectivity index (χ3v) is 8.16. The van der Waals surface area contributed by atoms with Crippen LogP contribution in [0.2, 0.25) is 0 Å². The number of hydrogen-bond donors (Lipinski definition) is 1. The summed E-state index contributed by atoms with van der Waals surface area (Å²) in [4.78, 5) is 20.6. The van der Waals surface area contributed by atoms with Gasteiger partial charge in [-0.25, -0.2) is 32.3 Å². The first-order chi connectivity index (χ1) is 21.4. The molecule has 0 radical (unpaired) electrons. The van der Waals surface area contributed by atoms with Crippen molar-refractivity contribution in [3.8, 4) is 17.1 Å². The Bertz CT molecular complexity index is 1960. The number of carboxylic acid groups (broad SMARTS) is 1. The van der Waals surface area contributed by atoms with Crippen molar-refractivity contribution >= 4 is 17.0 Å². The molecule has 0 aliphatic carbocycles. The zero-order chi connectivity index (χ0) is 32.0. The molecule has 5 aromatic rings. The van der Waals surface area contributed by atoms with Gasteiger partial charge in [0.15, 0.2) is 0 Å². The first-order valence-electron chi connectivity index (χ1n) is 14.3. The number of aromatic carboxylic acids is 1. The minimum Gasteiger partial charge on any atom is -0.478 e. The number of rotatable bonds is 8. The molecular weight excluding hydrogens is 590 g/mol. The molecule has 1 aliphatic rings. The van der Waals surface area contributed by atoms with Crippen LogP contribution in [-0.4, -0.2) is 38.8 Å². The molecule has 232 valence electrons.